The molecule has 0 fully saturated rings. The Bertz CT molecular complexity index is 434. The van der Waals surface area contributed by atoms with E-state index >= 15 is 0 Å². The number of benzene rings is 1. The summed E-state index contributed by atoms with van der Waals surface area (Å²) in [6, 6.07) is 6.45. The topological polar surface area (TPSA) is 21.6 Å². The molecular formula is C19H30FNOS. The van der Waals surface area contributed by atoms with Gasteiger partial charge in [0.15, 0.2) is 0 Å². The predicted molar refractivity (Wildman–Crippen MR) is 99.9 cm³/mol. The van der Waals surface area contributed by atoms with E-state index < -0.39 is 0 Å². The normalized spacial score (nSPS) is 11.7. The van der Waals surface area contributed by atoms with Gasteiger partial charge in [0.1, 0.15) is 12.9 Å². The Kier molecular flexibility index (Phi) is 11.7. The number of thioether (sulfide) groups is 1. The molecule has 23 heavy (non-hydrogen) atoms. The SMILES string of the molecule is CCCCCCCCSCCCC(=NOC)c1ccc(F)cc1. The molecule has 0 aromatic heterocycles. The maximum absolute atomic E-state index is 13.0. The van der Waals surface area contributed by atoms with Crippen molar-refractivity contribution in [3.05, 3.63) is 35.6 Å². The molecule has 0 N–H and O–H groups in total. The number of hydrogen-bond acceptors (Lipinski definition) is 3. The number of oxime groups is 1. The predicted octanol–water partition coefficient (Wildman–Crippen LogP) is 6.05. The number of nitrogens with zero attached hydrogens (tertiary/aromatic N) is 1. The van der Waals surface area contributed by atoms with Crippen molar-refractivity contribution in [1.82, 2.24) is 0 Å². The van der Waals surface area contributed by atoms with Gasteiger partial charge in [-0.1, -0.05) is 56.3 Å². The van der Waals surface area contributed by atoms with Crippen molar-refractivity contribution in [2.24, 2.45) is 5.16 Å². The second kappa shape index (κ2) is 13.4. The van der Waals surface area contributed by atoms with Crippen LogP contribution in [0.15, 0.2) is 29.4 Å². The van der Waals surface area contributed by atoms with Crippen LogP contribution in [0.1, 0.15) is 63.9 Å². The van der Waals surface area contributed by atoms with Gasteiger partial charge in [0.25, 0.3) is 0 Å². The van der Waals surface area contributed by atoms with Crippen LogP contribution < -0.4 is 0 Å². The Morgan fingerprint density at radius 1 is 1.00 bits per heavy atom. The highest BCUT2D eigenvalue weighted by atomic mass is 32.2. The van der Waals surface area contributed by atoms with E-state index in [0.717, 1.165) is 29.9 Å². The Labute approximate surface area is 144 Å². The van der Waals surface area contributed by atoms with Gasteiger partial charge in [-0.15, -0.1) is 0 Å². The van der Waals surface area contributed by atoms with E-state index in [2.05, 4.69) is 12.1 Å². The summed E-state index contributed by atoms with van der Waals surface area (Å²) in [6.07, 6.45) is 10.1. The summed E-state index contributed by atoms with van der Waals surface area (Å²) in [5.74, 6) is 2.17. The third kappa shape index (κ3) is 9.65. The lowest BCUT2D eigenvalue weighted by Gasteiger charge is -2.06. The summed E-state index contributed by atoms with van der Waals surface area (Å²) >= 11 is 2.02. The van der Waals surface area contributed by atoms with E-state index in [9.17, 15) is 4.39 Å². The molecular weight excluding hydrogens is 309 g/mol. The van der Waals surface area contributed by atoms with Crippen LogP contribution in [0.3, 0.4) is 0 Å². The molecule has 0 aliphatic carbocycles. The first kappa shape index (κ1) is 20.0. The first-order valence-electron chi connectivity index (χ1n) is 8.71. The summed E-state index contributed by atoms with van der Waals surface area (Å²) in [5.41, 5.74) is 1.84. The molecule has 2 nitrogen and oxygen atoms in total. The van der Waals surface area contributed by atoms with Crippen LogP contribution in [0, 0.1) is 5.82 Å². The van der Waals surface area contributed by atoms with Gasteiger partial charge in [-0.05, 0) is 48.5 Å². The van der Waals surface area contributed by atoms with Crippen molar-refractivity contribution in [2.75, 3.05) is 18.6 Å². The van der Waals surface area contributed by atoms with E-state index in [1.807, 2.05) is 11.8 Å². The van der Waals surface area contributed by atoms with Gasteiger partial charge in [-0.25, -0.2) is 4.39 Å². The number of hydrogen-bond donors (Lipinski definition) is 0. The van der Waals surface area contributed by atoms with Gasteiger partial charge in [0.05, 0.1) is 5.71 Å². The number of rotatable bonds is 13. The fourth-order valence-electron chi connectivity index (χ4n) is 2.42. The molecule has 0 heterocycles. The Hall–Kier alpha value is -1.03. The molecule has 0 atom stereocenters. The van der Waals surface area contributed by atoms with Crippen molar-refractivity contribution in [3.8, 4) is 0 Å². The minimum absolute atomic E-state index is 0.222. The maximum Gasteiger partial charge on any atom is 0.123 e. The Morgan fingerprint density at radius 2 is 1.65 bits per heavy atom. The largest absolute Gasteiger partial charge is 0.399 e. The molecule has 0 bridgehead atoms. The molecule has 0 saturated carbocycles. The van der Waals surface area contributed by atoms with Gasteiger partial charge in [0, 0.05) is 0 Å². The first-order chi connectivity index (χ1) is 11.3. The molecule has 1 aromatic rings. The fourth-order valence-corrected chi connectivity index (χ4v) is 3.38. The van der Waals surface area contributed by atoms with Crippen LogP contribution in [0.4, 0.5) is 4.39 Å². The van der Waals surface area contributed by atoms with Gasteiger partial charge in [0.2, 0.25) is 0 Å². The third-order valence-electron chi connectivity index (χ3n) is 3.72. The van der Waals surface area contributed by atoms with Crippen molar-refractivity contribution in [2.45, 2.75) is 58.3 Å². The van der Waals surface area contributed by atoms with E-state index in [-0.39, 0.29) is 5.82 Å². The van der Waals surface area contributed by atoms with Gasteiger partial charge in [-0.3, -0.25) is 0 Å². The molecule has 0 aliphatic rings. The lowest BCUT2D eigenvalue weighted by Crippen LogP contribution is -2.03. The first-order valence-corrected chi connectivity index (χ1v) is 9.87. The highest BCUT2D eigenvalue weighted by molar-refractivity contribution is 7.99. The van der Waals surface area contributed by atoms with E-state index in [4.69, 9.17) is 4.84 Å². The van der Waals surface area contributed by atoms with Crippen molar-refractivity contribution in [1.29, 1.82) is 0 Å². The molecule has 130 valence electrons. The monoisotopic (exact) mass is 339 g/mol. The van der Waals surface area contributed by atoms with Crippen molar-refractivity contribution >= 4 is 17.5 Å². The fraction of sp³-hybridized carbons (Fsp3) is 0.632. The van der Waals surface area contributed by atoms with E-state index in [0.29, 0.717) is 0 Å². The zero-order chi connectivity index (χ0) is 16.8. The average Bonchev–Trinajstić information content (AvgIpc) is 2.56. The zero-order valence-corrected chi connectivity index (χ0v) is 15.3. The van der Waals surface area contributed by atoms with Crippen LogP contribution in [-0.2, 0) is 4.84 Å². The van der Waals surface area contributed by atoms with Crippen LogP contribution >= 0.6 is 11.8 Å². The second-order valence-corrected chi connectivity index (χ2v) is 6.94. The lowest BCUT2D eigenvalue weighted by atomic mass is 10.1. The highest BCUT2D eigenvalue weighted by Gasteiger charge is 2.05. The quantitative estimate of drug-likeness (QED) is 0.248. The van der Waals surface area contributed by atoms with Gasteiger partial charge in [-0.2, -0.15) is 11.8 Å². The van der Waals surface area contributed by atoms with Gasteiger partial charge < -0.3 is 4.84 Å². The summed E-state index contributed by atoms with van der Waals surface area (Å²) in [4.78, 5) is 4.92. The molecule has 0 spiro atoms. The smallest absolute Gasteiger partial charge is 0.123 e. The summed E-state index contributed by atoms with van der Waals surface area (Å²) in [5, 5.41) is 4.08. The van der Waals surface area contributed by atoms with Crippen LogP contribution in [0.5, 0.6) is 0 Å². The molecule has 0 amide bonds. The minimum Gasteiger partial charge on any atom is -0.399 e. The minimum atomic E-state index is -0.222. The second-order valence-electron chi connectivity index (χ2n) is 5.71. The molecule has 1 rings (SSSR count). The summed E-state index contributed by atoms with van der Waals surface area (Å²) < 4.78 is 13.0. The number of halogens is 1. The zero-order valence-electron chi connectivity index (χ0n) is 14.5. The lowest BCUT2D eigenvalue weighted by molar-refractivity contribution is 0.213. The summed E-state index contributed by atoms with van der Waals surface area (Å²) in [6.45, 7) is 2.25. The van der Waals surface area contributed by atoms with Crippen LogP contribution in [-0.4, -0.2) is 24.3 Å². The summed E-state index contributed by atoms with van der Waals surface area (Å²) in [7, 11) is 1.55. The third-order valence-corrected chi connectivity index (χ3v) is 4.88. The molecule has 0 saturated heterocycles. The van der Waals surface area contributed by atoms with Crippen LogP contribution in [0.25, 0.3) is 0 Å². The van der Waals surface area contributed by atoms with Gasteiger partial charge >= 0.3 is 0 Å². The number of unbranched alkanes of at least 4 members (excludes halogenated alkanes) is 5. The van der Waals surface area contributed by atoms with Crippen molar-refractivity contribution in [3.63, 3.8) is 0 Å². The van der Waals surface area contributed by atoms with E-state index in [1.165, 1.54) is 56.4 Å². The van der Waals surface area contributed by atoms with Crippen molar-refractivity contribution < 1.29 is 9.23 Å². The Balaban J connectivity index is 2.15. The molecule has 0 radical (unpaired) electrons. The molecule has 1 aromatic carbocycles. The molecule has 0 aliphatic heterocycles. The average molecular weight is 340 g/mol. The molecule has 0 unspecified atom stereocenters. The molecule has 4 heteroatoms. The van der Waals surface area contributed by atoms with E-state index in [1.54, 1.807) is 19.2 Å². The van der Waals surface area contributed by atoms with Crippen LogP contribution in [0.2, 0.25) is 0 Å². The maximum atomic E-state index is 13.0. The Morgan fingerprint density at radius 3 is 2.35 bits per heavy atom. The highest BCUT2D eigenvalue weighted by Crippen LogP contribution is 2.14. The standard InChI is InChI=1S/C19H30FNOS/c1-3-4-5-6-7-8-15-23-16-9-10-19(21-22-2)17-11-13-18(20)14-12-17/h11-14H,3-10,15-16H2,1-2H3.